The Morgan fingerprint density at radius 2 is 2.17 bits per heavy atom. The van der Waals surface area contributed by atoms with Gasteiger partial charge >= 0.3 is 0 Å². The van der Waals surface area contributed by atoms with Crippen molar-refractivity contribution in [3.63, 3.8) is 0 Å². The number of thioether (sulfide) groups is 1. The van der Waals surface area contributed by atoms with E-state index in [2.05, 4.69) is 20.8 Å². The molecular weight excluding hydrogens is 348 g/mol. The SMILES string of the molecule is O=C(CSc1nnc(NC2CCCCC2)s1)NCc1cccs1. The molecule has 2 aromatic rings. The number of carbonyl (C=O) groups excluding carboxylic acids is 1. The Hall–Kier alpha value is -1.12. The molecule has 124 valence electrons. The third kappa shape index (κ3) is 5.47. The number of rotatable bonds is 7. The van der Waals surface area contributed by atoms with Gasteiger partial charge in [-0.05, 0) is 24.3 Å². The quantitative estimate of drug-likeness (QED) is 0.729. The first-order valence-electron chi connectivity index (χ1n) is 7.81. The average molecular weight is 369 g/mol. The predicted octanol–water partition coefficient (Wildman–Crippen LogP) is 3.75. The molecule has 0 aliphatic heterocycles. The van der Waals surface area contributed by atoms with Crippen LogP contribution in [-0.2, 0) is 11.3 Å². The fourth-order valence-electron chi connectivity index (χ4n) is 2.53. The van der Waals surface area contributed by atoms with E-state index >= 15 is 0 Å². The Morgan fingerprint density at radius 3 is 2.96 bits per heavy atom. The van der Waals surface area contributed by atoms with Gasteiger partial charge < -0.3 is 10.6 Å². The average Bonchev–Trinajstić information content (AvgIpc) is 3.24. The van der Waals surface area contributed by atoms with E-state index in [1.54, 1.807) is 11.3 Å². The van der Waals surface area contributed by atoms with Gasteiger partial charge in [-0.25, -0.2) is 0 Å². The van der Waals surface area contributed by atoms with E-state index in [4.69, 9.17) is 0 Å². The third-order valence-corrected chi connectivity index (χ3v) is 6.57. The number of amides is 1. The molecule has 2 N–H and O–H groups in total. The monoisotopic (exact) mass is 368 g/mol. The standard InChI is InChI=1S/C15H20N4OS3/c20-13(16-9-12-7-4-8-21-12)10-22-15-19-18-14(23-15)17-11-5-2-1-3-6-11/h4,7-8,11H,1-3,5-6,9-10H2,(H,16,20)(H,17,18). The normalized spacial score (nSPS) is 15.5. The number of carbonyl (C=O) groups is 1. The van der Waals surface area contributed by atoms with Gasteiger partial charge in [-0.2, -0.15) is 0 Å². The van der Waals surface area contributed by atoms with Gasteiger partial charge in [0.25, 0.3) is 0 Å². The van der Waals surface area contributed by atoms with Crippen molar-refractivity contribution in [3.05, 3.63) is 22.4 Å². The van der Waals surface area contributed by atoms with Crippen LogP contribution in [0.15, 0.2) is 21.9 Å². The van der Waals surface area contributed by atoms with Crippen LogP contribution in [0, 0.1) is 0 Å². The summed E-state index contributed by atoms with van der Waals surface area (Å²) >= 11 is 4.63. The van der Waals surface area contributed by atoms with Crippen molar-refractivity contribution in [2.75, 3.05) is 11.1 Å². The first-order valence-corrected chi connectivity index (χ1v) is 10.5. The van der Waals surface area contributed by atoms with Crippen molar-refractivity contribution < 1.29 is 4.79 Å². The van der Waals surface area contributed by atoms with E-state index in [-0.39, 0.29) is 5.91 Å². The Balaban J connectivity index is 1.39. The summed E-state index contributed by atoms with van der Waals surface area (Å²) in [7, 11) is 0. The maximum Gasteiger partial charge on any atom is 0.230 e. The molecule has 1 aliphatic rings. The number of anilines is 1. The molecule has 8 heteroatoms. The minimum atomic E-state index is 0.0281. The smallest absolute Gasteiger partial charge is 0.230 e. The highest BCUT2D eigenvalue weighted by Gasteiger charge is 2.15. The summed E-state index contributed by atoms with van der Waals surface area (Å²) in [5.41, 5.74) is 0. The van der Waals surface area contributed by atoms with Crippen LogP contribution in [0.3, 0.4) is 0 Å². The molecule has 1 amide bonds. The molecule has 0 spiro atoms. The summed E-state index contributed by atoms with van der Waals surface area (Å²) < 4.78 is 0.842. The first-order chi connectivity index (χ1) is 11.3. The van der Waals surface area contributed by atoms with Crippen molar-refractivity contribution in [1.82, 2.24) is 15.5 Å². The molecule has 0 radical (unpaired) electrons. The van der Waals surface area contributed by atoms with Gasteiger partial charge in [0.05, 0.1) is 12.3 Å². The summed E-state index contributed by atoms with van der Waals surface area (Å²) in [6.45, 7) is 0.599. The Kier molecular flexibility index (Phi) is 6.29. The van der Waals surface area contributed by atoms with E-state index in [1.807, 2.05) is 17.5 Å². The van der Waals surface area contributed by atoms with Gasteiger partial charge in [0.1, 0.15) is 0 Å². The Morgan fingerprint density at radius 1 is 1.30 bits per heavy atom. The fraction of sp³-hybridized carbons (Fsp3) is 0.533. The minimum Gasteiger partial charge on any atom is -0.357 e. The van der Waals surface area contributed by atoms with Crippen molar-refractivity contribution in [1.29, 1.82) is 0 Å². The van der Waals surface area contributed by atoms with Gasteiger partial charge in [0, 0.05) is 10.9 Å². The maximum absolute atomic E-state index is 11.8. The lowest BCUT2D eigenvalue weighted by Gasteiger charge is -2.21. The molecule has 0 bridgehead atoms. The van der Waals surface area contributed by atoms with Crippen molar-refractivity contribution >= 4 is 45.5 Å². The molecule has 0 saturated heterocycles. The van der Waals surface area contributed by atoms with Crippen LogP contribution < -0.4 is 10.6 Å². The van der Waals surface area contributed by atoms with E-state index in [1.165, 1.54) is 60.1 Å². The van der Waals surface area contributed by atoms with Crippen molar-refractivity contribution in [3.8, 4) is 0 Å². The Labute approximate surface area is 148 Å². The molecule has 0 unspecified atom stereocenters. The molecule has 2 heterocycles. The number of nitrogens with one attached hydrogen (secondary N) is 2. The summed E-state index contributed by atoms with van der Waals surface area (Å²) in [6.07, 6.45) is 6.36. The van der Waals surface area contributed by atoms with Gasteiger partial charge in [-0.3, -0.25) is 4.79 Å². The van der Waals surface area contributed by atoms with Crippen molar-refractivity contribution in [2.24, 2.45) is 0 Å². The summed E-state index contributed by atoms with van der Waals surface area (Å²) in [5, 5.41) is 17.6. The molecule has 0 aromatic carbocycles. The maximum atomic E-state index is 11.8. The zero-order chi connectivity index (χ0) is 15.9. The van der Waals surface area contributed by atoms with Gasteiger partial charge in [0.2, 0.25) is 11.0 Å². The zero-order valence-electron chi connectivity index (χ0n) is 12.8. The molecule has 2 aromatic heterocycles. The zero-order valence-corrected chi connectivity index (χ0v) is 15.2. The van der Waals surface area contributed by atoms with Gasteiger partial charge in [0.15, 0.2) is 4.34 Å². The second-order valence-corrected chi connectivity index (χ2v) is 8.73. The van der Waals surface area contributed by atoms with Crippen LogP contribution in [-0.4, -0.2) is 27.9 Å². The van der Waals surface area contributed by atoms with E-state index in [0.717, 1.165) is 9.47 Å². The number of thiophene rings is 1. The van der Waals surface area contributed by atoms with Crippen LogP contribution >= 0.6 is 34.4 Å². The lowest BCUT2D eigenvalue weighted by atomic mass is 9.96. The Bertz CT molecular complexity index is 608. The van der Waals surface area contributed by atoms with Crippen LogP contribution in [0.25, 0.3) is 0 Å². The first kappa shape index (κ1) is 16.7. The third-order valence-electron chi connectivity index (χ3n) is 3.71. The lowest BCUT2D eigenvalue weighted by Crippen LogP contribution is -2.24. The number of hydrogen-bond acceptors (Lipinski definition) is 7. The molecule has 1 aliphatic carbocycles. The highest BCUT2D eigenvalue weighted by atomic mass is 32.2. The fourth-order valence-corrected chi connectivity index (χ4v) is 4.83. The number of aromatic nitrogens is 2. The topological polar surface area (TPSA) is 66.9 Å². The molecule has 1 saturated carbocycles. The molecule has 5 nitrogen and oxygen atoms in total. The largest absolute Gasteiger partial charge is 0.357 e. The van der Waals surface area contributed by atoms with Crippen LogP contribution in [0.1, 0.15) is 37.0 Å². The molecule has 1 fully saturated rings. The molecule has 0 atom stereocenters. The predicted molar refractivity (Wildman–Crippen MR) is 97.3 cm³/mol. The lowest BCUT2D eigenvalue weighted by molar-refractivity contribution is -0.118. The van der Waals surface area contributed by atoms with Crippen LogP contribution in [0.4, 0.5) is 5.13 Å². The summed E-state index contributed by atoms with van der Waals surface area (Å²) in [5.74, 6) is 0.407. The highest BCUT2D eigenvalue weighted by Crippen LogP contribution is 2.28. The number of hydrogen-bond donors (Lipinski definition) is 2. The number of nitrogens with zero attached hydrogens (tertiary/aromatic N) is 2. The van der Waals surface area contributed by atoms with E-state index in [9.17, 15) is 4.79 Å². The second-order valence-electron chi connectivity index (χ2n) is 5.50. The second kappa shape index (κ2) is 8.65. The summed E-state index contributed by atoms with van der Waals surface area (Å²) in [6, 6.07) is 4.54. The van der Waals surface area contributed by atoms with E-state index in [0.29, 0.717) is 18.3 Å². The molecule has 23 heavy (non-hydrogen) atoms. The van der Waals surface area contributed by atoms with Crippen LogP contribution in [0.5, 0.6) is 0 Å². The minimum absolute atomic E-state index is 0.0281. The van der Waals surface area contributed by atoms with E-state index < -0.39 is 0 Å². The summed E-state index contributed by atoms with van der Waals surface area (Å²) in [4.78, 5) is 13.0. The molecular formula is C15H20N4OS3. The molecule has 3 rings (SSSR count). The van der Waals surface area contributed by atoms with Gasteiger partial charge in [-0.1, -0.05) is 48.4 Å². The van der Waals surface area contributed by atoms with Crippen molar-refractivity contribution in [2.45, 2.75) is 49.0 Å². The highest BCUT2D eigenvalue weighted by molar-refractivity contribution is 8.01. The van der Waals surface area contributed by atoms with Crippen LogP contribution in [0.2, 0.25) is 0 Å². The van der Waals surface area contributed by atoms with Gasteiger partial charge in [-0.15, -0.1) is 21.5 Å².